The molecule has 0 aromatic carbocycles. The second-order valence-electron chi connectivity index (χ2n) is 6.43. The van der Waals surface area contributed by atoms with Crippen molar-refractivity contribution in [1.82, 2.24) is 20.1 Å². The fraction of sp³-hybridized carbons (Fsp3) is 0.750. The third kappa shape index (κ3) is 6.93. The van der Waals surface area contributed by atoms with Crippen molar-refractivity contribution < 1.29 is 13.2 Å². The molecule has 1 aliphatic rings. The summed E-state index contributed by atoms with van der Waals surface area (Å²) in [5.74, 6) is 0.728. The Kier molecular flexibility index (Phi) is 9.55. The number of anilines is 1. The lowest BCUT2D eigenvalue weighted by Gasteiger charge is -2.39. The maximum atomic E-state index is 12.9. The van der Waals surface area contributed by atoms with Crippen molar-refractivity contribution in [2.45, 2.75) is 32.6 Å². The second-order valence-corrected chi connectivity index (χ2v) is 7.26. The van der Waals surface area contributed by atoms with Crippen LogP contribution in [0, 0.1) is 0 Å². The van der Waals surface area contributed by atoms with Gasteiger partial charge >= 0.3 is 6.18 Å². The number of rotatable bonds is 5. The minimum Gasteiger partial charge on any atom is -0.357 e. The number of alkyl halides is 3. The Morgan fingerprint density at radius 1 is 1.33 bits per heavy atom. The molecule has 27 heavy (non-hydrogen) atoms. The van der Waals surface area contributed by atoms with Crippen LogP contribution < -0.4 is 10.2 Å². The Morgan fingerprint density at radius 3 is 2.44 bits per heavy atom. The van der Waals surface area contributed by atoms with E-state index in [0.717, 1.165) is 16.8 Å². The van der Waals surface area contributed by atoms with Crippen LogP contribution in [0.5, 0.6) is 0 Å². The number of halogens is 4. The van der Waals surface area contributed by atoms with Crippen LogP contribution in [-0.4, -0.2) is 79.8 Å². The third-order valence-electron chi connectivity index (χ3n) is 4.28. The van der Waals surface area contributed by atoms with Crippen LogP contribution in [0.4, 0.5) is 18.3 Å². The van der Waals surface area contributed by atoms with Crippen LogP contribution in [0.15, 0.2) is 10.4 Å². The molecule has 0 spiro atoms. The van der Waals surface area contributed by atoms with E-state index >= 15 is 0 Å². The monoisotopic (exact) mass is 520 g/mol. The molecule has 1 aromatic rings. The topological polar surface area (TPSA) is 47.0 Å². The highest BCUT2D eigenvalue weighted by Gasteiger charge is 2.41. The molecule has 1 aromatic heterocycles. The van der Waals surface area contributed by atoms with Crippen molar-refractivity contribution in [3.8, 4) is 0 Å². The van der Waals surface area contributed by atoms with Crippen LogP contribution >= 0.6 is 35.3 Å². The Morgan fingerprint density at radius 2 is 1.96 bits per heavy atom. The summed E-state index contributed by atoms with van der Waals surface area (Å²) in [7, 11) is 3.88. The van der Waals surface area contributed by atoms with E-state index in [1.165, 1.54) is 11.8 Å². The molecule has 1 fully saturated rings. The van der Waals surface area contributed by atoms with Crippen molar-refractivity contribution in [2.24, 2.45) is 4.99 Å². The average Bonchev–Trinajstić information content (AvgIpc) is 3.06. The van der Waals surface area contributed by atoms with Gasteiger partial charge in [-0.2, -0.15) is 13.2 Å². The summed E-state index contributed by atoms with van der Waals surface area (Å²) < 4.78 is 38.6. The highest BCUT2D eigenvalue weighted by molar-refractivity contribution is 14.0. The van der Waals surface area contributed by atoms with Crippen LogP contribution in [0.3, 0.4) is 0 Å². The molecule has 0 aliphatic carbocycles. The van der Waals surface area contributed by atoms with Crippen molar-refractivity contribution in [2.75, 3.05) is 51.7 Å². The van der Waals surface area contributed by atoms with Gasteiger partial charge in [-0.1, -0.05) is 0 Å². The van der Waals surface area contributed by atoms with Gasteiger partial charge in [-0.15, -0.1) is 35.3 Å². The standard InChI is InChI=1S/C16H27F3N6S.HI/c1-5-20-14(21-10-13-11-26-15(22-13)23(3)4)25-8-6-24(7-9-25)12(2)16(17,18)19;/h11-12H,5-10H2,1-4H3,(H,20,21);1H. The van der Waals surface area contributed by atoms with Crippen LogP contribution in [0.25, 0.3) is 0 Å². The molecule has 1 aliphatic heterocycles. The largest absolute Gasteiger partial charge is 0.403 e. The molecule has 2 heterocycles. The minimum atomic E-state index is -4.18. The maximum absolute atomic E-state index is 12.9. The summed E-state index contributed by atoms with van der Waals surface area (Å²) in [5, 5.41) is 6.13. The Bertz CT molecular complexity index is 599. The van der Waals surface area contributed by atoms with Gasteiger partial charge in [0.1, 0.15) is 6.04 Å². The van der Waals surface area contributed by atoms with Crippen molar-refractivity contribution in [1.29, 1.82) is 0 Å². The number of guanidine groups is 1. The van der Waals surface area contributed by atoms with Gasteiger partial charge in [0.25, 0.3) is 0 Å². The number of nitrogens with zero attached hydrogens (tertiary/aromatic N) is 5. The summed E-state index contributed by atoms with van der Waals surface area (Å²) in [6.45, 7) is 6.13. The molecule has 0 radical (unpaired) electrons. The van der Waals surface area contributed by atoms with E-state index in [2.05, 4.69) is 15.3 Å². The fourth-order valence-electron chi connectivity index (χ4n) is 2.68. The fourth-order valence-corrected chi connectivity index (χ4v) is 3.43. The predicted molar refractivity (Wildman–Crippen MR) is 115 cm³/mol. The van der Waals surface area contributed by atoms with Gasteiger partial charge in [0.05, 0.1) is 12.2 Å². The van der Waals surface area contributed by atoms with Crippen LogP contribution in [-0.2, 0) is 6.54 Å². The van der Waals surface area contributed by atoms with Gasteiger partial charge in [-0.05, 0) is 13.8 Å². The molecule has 2 rings (SSSR count). The maximum Gasteiger partial charge on any atom is 0.403 e. The molecule has 0 amide bonds. The van der Waals surface area contributed by atoms with Crippen molar-refractivity contribution in [3.63, 3.8) is 0 Å². The molecule has 6 nitrogen and oxygen atoms in total. The number of thiazole rings is 1. The summed E-state index contributed by atoms with van der Waals surface area (Å²) >= 11 is 1.56. The molecule has 1 N–H and O–H groups in total. The van der Waals surface area contributed by atoms with Crippen LogP contribution in [0.2, 0.25) is 0 Å². The highest BCUT2D eigenvalue weighted by Crippen LogP contribution is 2.25. The lowest BCUT2D eigenvalue weighted by atomic mass is 10.2. The SMILES string of the molecule is CCNC(=NCc1csc(N(C)C)n1)N1CCN(C(C)C(F)(F)F)CC1.I. The third-order valence-corrected chi connectivity index (χ3v) is 5.34. The number of aromatic nitrogens is 1. The first kappa shape index (κ1) is 24.2. The van der Waals surface area contributed by atoms with E-state index < -0.39 is 12.2 Å². The Labute approximate surface area is 179 Å². The zero-order valence-corrected chi connectivity index (χ0v) is 19.2. The molecular formula is C16H28F3IN6S. The summed E-state index contributed by atoms with van der Waals surface area (Å²) in [6, 6.07) is -1.41. The number of hydrogen-bond donors (Lipinski definition) is 1. The van der Waals surface area contributed by atoms with Gasteiger partial charge in [0.15, 0.2) is 11.1 Å². The molecule has 0 saturated carbocycles. The number of piperazine rings is 1. The Hall–Kier alpha value is -0.820. The van der Waals surface area contributed by atoms with Gasteiger partial charge in [0.2, 0.25) is 0 Å². The highest BCUT2D eigenvalue weighted by atomic mass is 127. The van der Waals surface area contributed by atoms with E-state index in [4.69, 9.17) is 0 Å². The van der Waals surface area contributed by atoms with Gasteiger partial charge in [-0.25, -0.2) is 9.98 Å². The van der Waals surface area contributed by atoms with Gasteiger partial charge in [0, 0.05) is 52.2 Å². The van der Waals surface area contributed by atoms with E-state index in [0.29, 0.717) is 39.3 Å². The molecule has 0 bridgehead atoms. The number of aliphatic imine (C=N–C) groups is 1. The van der Waals surface area contributed by atoms with E-state index in [9.17, 15) is 13.2 Å². The lowest BCUT2D eigenvalue weighted by Crippen LogP contribution is -2.56. The predicted octanol–water partition coefficient (Wildman–Crippen LogP) is 2.86. The molecule has 1 unspecified atom stereocenters. The summed E-state index contributed by atoms with van der Waals surface area (Å²) in [6.07, 6.45) is -4.18. The average molecular weight is 520 g/mol. The Balaban J connectivity index is 0.00000364. The van der Waals surface area contributed by atoms with E-state index in [1.54, 1.807) is 11.3 Å². The number of nitrogens with one attached hydrogen (secondary N) is 1. The summed E-state index contributed by atoms with van der Waals surface area (Å²) in [4.78, 5) is 14.6. The molecule has 1 atom stereocenters. The quantitative estimate of drug-likeness (QED) is 0.368. The normalized spacial score (nSPS) is 17.4. The molecule has 11 heteroatoms. The van der Waals surface area contributed by atoms with Gasteiger partial charge < -0.3 is 15.1 Å². The summed E-state index contributed by atoms with van der Waals surface area (Å²) in [5.41, 5.74) is 0.887. The van der Waals surface area contributed by atoms with Crippen LogP contribution in [0.1, 0.15) is 19.5 Å². The van der Waals surface area contributed by atoms with Crippen molar-refractivity contribution >= 4 is 46.4 Å². The molecular weight excluding hydrogens is 492 g/mol. The smallest absolute Gasteiger partial charge is 0.357 e. The number of hydrogen-bond acceptors (Lipinski definition) is 5. The first-order chi connectivity index (χ1) is 12.2. The minimum absolute atomic E-state index is 0. The first-order valence-electron chi connectivity index (χ1n) is 8.68. The van der Waals surface area contributed by atoms with E-state index in [-0.39, 0.29) is 24.0 Å². The van der Waals surface area contributed by atoms with E-state index in [1.807, 2.05) is 36.2 Å². The van der Waals surface area contributed by atoms with Gasteiger partial charge in [-0.3, -0.25) is 4.90 Å². The first-order valence-corrected chi connectivity index (χ1v) is 9.56. The molecule has 1 saturated heterocycles. The lowest BCUT2D eigenvalue weighted by molar-refractivity contribution is -0.181. The zero-order valence-electron chi connectivity index (χ0n) is 16.1. The zero-order chi connectivity index (χ0) is 19.3. The molecule has 156 valence electrons. The van der Waals surface area contributed by atoms with Crippen molar-refractivity contribution in [3.05, 3.63) is 11.1 Å². The second kappa shape index (κ2) is 10.6.